The van der Waals surface area contributed by atoms with Gasteiger partial charge in [-0.3, -0.25) is 4.90 Å². The van der Waals surface area contributed by atoms with Gasteiger partial charge in [0.05, 0.1) is 4.90 Å². The molecule has 3 N–H and O–H groups in total. The number of primary sulfonamides is 1. The van der Waals surface area contributed by atoms with Crippen LogP contribution in [0, 0.1) is 25.7 Å². The highest BCUT2D eigenvalue weighted by Crippen LogP contribution is 2.29. The Labute approximate surface area is 241 Å². The number of hydrogen-bond donors (Lipinski definition) is 2. The number of nitrogens with two attached hydrogens (primary N) is 1. The monoisotopic (exact) mass is 567 g/mol. The van der Waals surface area contributed by atoms with E-state index in [1.807, 2.05) is 68.4 Å². The summed E-state index contributed by atoms with van der Waals surface area (Å²) in [5.41, 5.74) is 4.95. The number of nitrogens with zero attached hydrogens (tertiary/aromatic N) is 3. The van der Waals surface area contributed by atoms with Crippen LogP contribution in [0.3, 0.4) is 0 Å². The lowest BCUT2D eigenvalue weighted by atomic mass is 10.0. The van der Waals surface area contributed by atoms with Crippen molar-refractivity contribution in [2.24, 2.45) is 5.14 Å². The summed E-state index contributed by atoms with van der Waals surface area (Å²) < 4.78 is 29.2. The highest BCUT2D eigenvalue weighted by molar-refractivity contribution is 7.89. The molecule has 4 aromatic rings. The summed E-state index contributed by atoms with van der Waals surface area (Å²) in [6, 6.07) is 22.7. The molecule has 0 radical (unpaired) electrons. The zero-order valence-corrected chi connectivity index (χ0v) is 24.0. The van der Waals surface area contributed by atoms with Gasteiger partial charge in [0.15, 0.2) is 0 Å². The Balaban J connectivity index is 1.16. The molecule has 0 amide bonds. The number of aryl methyl sites for hydroxylation is 2. The van der Waals surface area contributed by atoms with Crippen LogP contribution in [0.15, 0.2) is 83.9 Å². The molecule has 210 valence electrons. The second kappa shape index (κ2) is 12.5. The number of rotatable bonds is 7. The summed E-state index contributed by atoms with van der Waals surface area (Å²) in [4.78, 5) is 11.5. The summed E-state index contributed by atoms with van der Waals surface area (Å²) in [5.74, 6) is 8.24. The zero-order chi connectivity index (χ0) is 28.8. The maximum atomic E-state index is 11.5. The molecule has 1 aromatic heterocycles. The molecule has 9 heteroatoms. The van der Waals surface area contributed by atoms with E-state index in [2.05, 4.69) is 32.0 Å². The predicted molar refractivity (Wildman–Crippen MR) is 160 cm³/mol. The number of sulfonamides is 1. The van der Waals surface area contributed by atoms with E-state index in [1.54, 1.807) is 24.4 Å². The lowest BCUT2D eigenvalue weighted by Gasteiger charge is -2.32. The van der Waals surface area contributed by atoms with Crippen molar-refractivity contribution in [1.82, 2.24) is 14.9 Å². The summed E-state index contributed by atoms with van der Waals surface area (Å²) in [5, 5.41) is 8.65. The van der Waals surface area contributed by atoms with Crippen molar-refractivity contribution in [2.45, 2.75) is 44.2 Å². The fraction of sp³-hybridized carbons (Fsp3) is 0.250. The van der Waals surface area contributed by atoms with Crippen molar-refractivity contribution in [1.29, 1.82) is 0 Å². The van der Waals surface area contributed by atoms with Crippen molar-refractivity contribution in [3.8, 4) is 23.5 Å². The topological polar surface area (TPSA) is 110 Å². The Kier molecular flexibility index (Phi) is 8.64. The van der Waals surface area contributed by atoms with Gasteiger partial charge in [0.25, 0.3) is 0 Å². The zero-order valence-electron chi connectivity index (χ0n) is 23.2. The largest absolute Gasteiger partial charge is 0.438 e. The number of benzene rings is 3. The Morgan fingerprint density at radius 2 is 1.61 bits per heavy atom. The van der Waals surface area contributed by atoms with Crippen LogP contribution in [0.2, 0.25) is 0 Å². The summed E-state index contributed by atoms with van der Waals surface area (Å²) in [7, 11) is -3.68. The van der Waals surface area contributed by atoms with Gasteiger partial charge in [0.2, 0.25) is 21.9 Å². The maximum absolute atomic E-state index is 11.5. The molecule has 5 rings (SSSR count). The summed E-state index contributed by atoms with van der Waals surface area (Å²) >= 11 is 0. The summed E-state index contributed by atoms with van der Waals surface area (Å²) in [6.45, 7) is 6.59. The molecule has 41 heavy (non-hydrogen) atoms. The van der Waals surface area contributed by atoms with Gasteiger partial charge in [0, 0.05) is 49.1 Å². The number of likely N-dealkylation sites (tertiary alicyclic amines) is 1. The Morgan fingerprint density at radius 1 is 0.951 bits per heavy atom. The molecule has 1 aliphatic rings. The Morgan fingerprint density at radius 3 is 2.27 bits per heavy atom. The van der Waals surface area contributed by atoms with Crippen LogP contribution in [0.25, 0.3) is 0 Å². The third kappa shape index (κ3) is 7.70. The Bertz CT molecular complexity index is 1650. The highest BCUT2D eigenvalue weighted by Gasteiger charge is 2.20. The van der Waals surface area contributed by atoms with Crippen LogP contribution in [-0.2, 0) is 16.6 Å². The second-order valence-electron chi connectivity index (χ2n) is 10.3. The fourth-order valence-corrected chi connectivity index (χ4v) is 5.40. The number of nitrogens with one attached hydrogen (secondary N) is 1. The molecule has 1 aliphatic heterocycles. The molecular formula is C32H33N5O3S. The first-order chi connectivity index (χ1) is 19.7. The number of aromatic nitrogens is 2. The minimum absolute atomic E-state index is 0.130. The van der Waals surface area contributed by atoms with Crippen LogP contribution in [-0.4, -0.2) is 42.4 Å². The van der Waals surface area contributed by atoms with Crippen molar-refractivity contribution in [2.75, 3.05) is 18.4 Å². The smallest absolute Gasteiger partial charge is 0.238 e. The van der Waals surface area contributed by atoms with E-state index in [0.717, 1.165) is 66.0 Å². The maximum Gasteiger partial charge on any atom is 0.238 e. The van der Waals surface area contributed by atoms with E-state index in [4.69, 9.17) is 9.88 Å². The van der Waals surface area contributed by atoms with Gasteiger partial charge in [0.1, 0.15) is 5.75 Å². The van der Waals surface area contributed by atoms with E-state index in [0.29, 0.717) is 11.8 Å². The molecule has 1 saturated heterocycles. The molecule has 0 atom stereocenters. The van der Waals surface area contributed by atoms with Crippen molar-refractivity contribution in [3.63, 3.8) is 0 Å². The van der Waals surface area contributed by atoms with E-state index >= 15 is 0 Å². The first kappa shape index (κ1) is 28.3. The number of hydrogen-bond acceptors (Lipinski definition) is 7. The summed E-state index contributed by atoms with van der Waals surface area (Å²) in [6.07, 6.45) is 3.58. The standard InChI is InChI=1S/C32H33N5O3S/c1-23-20-27(9-8-25-6-4-3-5-7-25)21-24(2)31(23)40-30-14-17-34-32(36-30)35-28-15-18-37(19-16-28)22-26-10-12-29(13-11-26)41(33,38)39/h3-7,10-14,17,20-21,28H,15-16,18-19,22H2,1-2H3,(H2,33,38,39)(H,34,35,36). The van der Waals surface area contributed by atoms with Crippen LogP contribution in [0.1, 0.15) is 40.7 Å². The minimum Gasteiger partial charge on any atom is -0.438 e. The van der Waals surface area contributed by atoms with E-state index in [1.165, 1.54) is 0 Å². The number of ether oxygens (including phenoxy) is 1. The van der Waals surface area contributed by atoms with Gasteiger partial charge in [-0.05, 0) is 79.8 Å². The average Bonchev–Trinajstić information content (AvgIpc) is 2.95. The van der Waals surface area contributed by atoms with Crippen molar-refractivity contribution >= 4 is 16.0 Å². The second-order valence-corrected chi connectivity index (χ2v) is 11.8. The third-order valence-corrected chi connectivity index (χ3v) is 7.93. The molecule has 3 aromatic carbocycles. The molecule has 0 saturated carbocycles. The quantitative estimate of drug-likeness (QED) is 0.302. The molecule has 0 aliphatic carbocycles. The highest BCUT2D eigenvalue weighted by atomic mass is 32.2. The van der Waals surface area contributed by atoms with Gasteiger partial charge < -0.3 is 10.1 Å². The van der Waals surface area contributed by atoms with Crippen LogP contribution >= 0.6 is 0 Å². The van der Waals surface area contributed by atoms with Crippen LogP contribution in [0.4, 0.5) is 5.95 Å². The SMILES string of the molecule is Cc1cc(C#Cc2ccccc2)cc(C)c1Oc1ccnc(NC2CCN(Cc3ccc(S(N)(=O)=O)cc3)CC2)n1. The van der Waals surface area contributed by atoms with E-state index in [-0.39, 0.29) is 10.9 Å². The van der Waals surface area contributed by atoms with Gasteiger partial charge in [-0.1, -0.05) is 42.2 Å². The van der Waals surface area contributed by atoms with Crippen molar-refractivity contribution in [3.05, 3.63) is 107 Å². The van der Waals surface area contributed by atoms with Gasteiger partial charge >= 0.3 is 0 Å². The fourth-order valence-electron chi connectivity index (χ4n) is 4.88. The van der Waals surface area contributed by atoms with Crippen LogP contribution < -0.4 is 15.2 Å². The first-order valence-corrected chi connectivity index (χ1v) is 15.1. The van der Waals surface area contributed by atoms with Crippen molar-refractivity contribution < 1.29 is 13.2 Å². The lowest BCUT2D eigenvalue weighted by Crippen LogP contribution is -2.39. The number of piperidine rings is 1. The first-order valence-electron chi connectivity index (χ1n) is 13.5. The minimum atomic E-state index is -3.68. The van der Waals surface area contributed by atoms with E-state index < -0.39 is 10.0 Å². The van der Waals surface area contributed by atoms with Crippen LogP contribution in [0.5, 0.6) is 11.6 Å². The molecule has 1 fully saturated rings. The average molecular weight is 568 g/mol. The Hall–Kier alpha value is -4.23. The molecule has 0 spiro atoms. The molecular weight excluding hydrogens is 534 g/mol. The number of anilines is 1. The third-order valence-electron chi connectivity index (χ3n) is 7.00. The molecule has 2 heterocycles. The lowest BCUT2D eigenvalue weighted by molar-refractivity contribution is 0.211. The molecule has 0 bridgehead atoms. The van der Waals surface area contributed by atoms with E-state index in [9.17, 15) is 8.42 Å². The van der Waals surface area contributed by atoms with Gasteiger partial charge in [-0.25, -0.2) is 18.5 Å². The molecule has 8 nitrogen and oxygen atoms in total. The predicted octanol–water partition coefficient (Wildman–Crippen LogP) is 5.01. The van der Waals surface area contributed by atoms with Gasteiger partial charge in [-0.2, -0.15) is 4.98 Å². The molecule has 0 unspecified atom stereocenters. The normalized spacial score (nSPS) is 14.2. The van der Waals surface area contributed by atoms with Gasteiger partial charge in [-0.15, -0.1) is 0 Å².